The Balaban J connectivity index is 2.25. The lowest BCUT2D eigenvalue weighted by Crippen LogP contribution is -2.12. The summed E-state index contributed by atoms with van der Waals surface area (Å²) in [5, 5.41) is 6.04. The number of anilines is 1. The maximum atomic E-state index is 13.9. The van der Waals surface area contributed by atoms with E-state index < -0.39 is 11.7 Å². The fourth-order valence-corrected chi connectivity index (χ4v) is 1.72. The molecule has 18 heavy (non-hydrogen) atoms. The molecule has 0 unspecified atom stereocenters. The fourth-order valence-electron chi connectivity index (χ4n) is 1.41. The number of carbonyl (C=O) groups excluding carboxylic acids is 1. The molecule has 0 aliphatic carbocycles. The Morgan fingerprint density at radius 3 is 2.78 bits per heavy atom. The molecule has 2 aromatic rings. The van der Waals surface area contributed by atoms with E-state index in [1.54, 1.807) is 19.9 Å². The van der Waals surface area contributed by atoms with Crippen molar-refractivity contribution in [2.24, 2.45) is 0 Å². The van der Waals surface area contributed by atoms with Crippen LogP contribution in [0.1, 0.15) is 21.8 Å². The number of nitrogens with one attached hydrogen (secondary N) is 1. The summed E-state index contributed by atoms with van der Waals surface area (Å²) < 4.78 is 19.3. The van der Waals surface area contributed by atoms with Crippen molar-refractivity contribution in [1.29, 1.82) is 0 Å². The van der Waals surface area contributed by atoms with Gasteiger partial charge in [0, 0.05) is 16.1 Å². The van der Waals surface area contributed by atoms with E-state index in [-0.39, 0.29) is 11.4 Å². The van der Waals surface area contributed by atoms with Gasteiger partial charge in [-0.15, -0.1) is 0 Å². The minimum absolute atomic E-state index is 0.0486. The van der Waals surface area contributed by atoms with Crippen LogP contribution in [0.3, 0.4) is 0 Å². The second kappa shape index (κ2) is 4.89. The van der Waals surface area contributed by atoms with Crippen LogP contribution in [0, 0.1) is 19.7 Å². The largest absolute Gasteiger partial charge is 0.351 e. The van der Waals surface area contributed by atoms with Gasteiger partial charge < -0.3 is 9.84 Å². The van der Waals surface area contributed by atoms with Gasteiger partial charge >= 0.3 is 0 Å². The summed E-state index contributed by atoms with van der Waals surface area (Å²) in [4.78, 5) is 11.8. The van der Waals surface area contributed by atoms with E-state index in [4.69, 9.17) is 4.52 Å². The Bertz CT molecular complexity index is 610. The van der Waals surface area contributed by atoms with Crippen LogP contribution in [-0.2, 0) is 0 Å². The summed E-state index contributed by atoms with van der Waals surface area (Å²) in [7, 11) is 0. The van der Waals surface area contributed by atoms with E-state index in [2.05, 4.69) is 26.4 Å². The van der Waals surface area contributed by atoms with Gasteiger partial charge in [0.15, 0.2) is 5.82 Å². The van der Waals surface area contributed by atoms with E-state index in [9.17, 15) is 9.18 Å². The Morgan fingerprint density at radius 2 is 2.17 bits per heavy atom. The van der Waals surface area contributed by atoms with Gasteiger partial charge in [0.2, 0.25) is 5.76 Å². The third-order valence-electron chi connectivity index (χ3n) is 2.42. The molecule has 4 nitrogen and oxygen atoms in total. The Kier molecular flexibility index (Phi) is 3.47. The topological polar surface area (TPSA) is 55.1 Å². The number of amides is 1. The standard InChI is InChI=1S/C12H10BrFN2O2/c1-6-5-10(18-16-6)12(17)15-9-4-3-8(13)7(2)11(9)14/h3-5H,1-2H3,(H,15,17). The number of hydrogen-bond donors (Lipinski definition) is 1. The van der Waals surface area contributed by atoms with Crippen LogP contribution < -0.4 is 5.32 Å². The highest BCUT2D eigenvalue weighted by Crippen LogP contribution is 2.25. The molecule has 0 saturated carbocycles. The monoisotopic (exact) mass is 312 g/mol. The Morgan fingerprint density at radius 1 is 1.44 bits per heavy atom. The van der Waals surface area contributed by atoms with Gasteiger partial charge in [-0.3, -0.25) is 4.79 Å². The third kappa shape index (κ3) is 2.43. The van der Waals surface area contributed by atoms with Crippen LogP contribution in [0.2, 0.25) is 0 Å². The van der Waals surface area contributed by atoms with Crippen molar-refractivity contribution in [3.05, 3.63) is 45.5 Å². The van der Waals surface area contributed by atoms with E-state index in [1.165, 1.54) is 12.1 Å². The average Bonchev–Trinajstić information content (AvgIpc) is 2.77. The van der Waals surface area contributed by atoms with E-state index in [1.807, 2.05) is 0 Å². The number of hydrogen-bond acceptors (Lipinski definition) is 3. The van der Waals surface area contributed by atoms with Gasteiger partial charge in [-0.1, -0.05) is 21.1 Å². The number of carbonyl (C=O) groups is 1. The summed E-state index contributed by atoms with van der Waals surface area (Å²) >= 11 is 3.21. The first-order chi connectivity index (χ1) is 8.49. The molecule has 0 aliphatic rings. The molecule has 0 bridgehead atoms. The molecule has 1 aromatic carbocycles. The Hall–Kier alpha value is -1.69. The fraction of sp³-hybridized carbons (Fsp3) is 0.167. The van der Waals surface area contributed by atoms with Gasteiger partial charge in [-0.05, 0) is 26.0 Å². The second-order valence-corrected chi connectivity index (χ2v) is 4.67. The summed E-state index contributed by atoms with van der Waals surface area (Å²) in [6, 6.07) is 4.63. The second-order valence-electron chi connectivity index (χ2n) is 3.82. The van der Waals surface area contributed by atoms with Crippen molar-refractivity contribution in [3.63, 3.8) is 0 Å². The predicted molar refractivity (Wildman–Crippen MR) is 68.0 cm³/mol. The minimum atomic E-state index is -0.531. The van der Waals surface area contributed by atoms with Crippen LogP contribution in [0.15, 0.2) is 27.2 Å². The van der Waals surface area contributed by atoms with Crippen LogP contribution in [-0.4, -0.2) is 11.1 Å². The van der Waals surface area contributed by atoms with E-state index in [0.29, 0.717) is 15.7 Å². The highest BCUT2D eigenvalue weighted by Gasteiger charge is 2.15. The number of halogens is 2. The number of aryl methyl sites for hydroxylation is 1. The lowest BCUT2D eigenvalue weighted by atomic mass is 10.2. The van der Waals surface area contributed by atoms with Gasteiger partial charge in [0.25, 0.3) is 5.91 Å². The van der Waals surface area contributed by atoms with Crippen molar-refractivity contribution < 1.29 is 13.7 Å². The van der Waals surface area contributed by atoms with Gasteiger partial charge in [0.05, 0.1) is 11.4 Å². The van der Waals surface area contributed by atoms with Crippen LogP contribution in [0.4, 0.5) is 10.1 Å². The number of rotatable bonds is 2. The molecular formula is C12H10BrFN2O2. The molecule has 1 amide bonds. The quantitative estimate of drug-likeness (QED) is 0.924. The number of nitrogens with zero attached hydrogens (tertiary/aromatic N) is 1. The number of benzene rings is 1. The normalized spacial score (nSPS) is 10.4. The first-order valence-electron chi connectivity index (χ1n) is 5.18. The van der Waals surface area contributed by atoms with Crippen LogP contribution >= 0.6 is 15.9 Å². The maximum absolute atomic E-state index is 13.9. The molecule has 94 valence electrons. The predicted octanol–water partition coefficient (Wildman–Crippen LogP) is 3.45. The first-order valence-corrected chi connectivity index (χ1v) is 5.97. The zero-order chi connectivity index (χ0) is 13.3. The van der Waals surface area contributed by atoms with Crippen molar-refractivity contribution in [1.82, 2.24) is 5.16 Å². The van der Waals surface area contributed by atoms with Gasteiger partial charge in [0.1, 0.15) is 0 Å². The van der Waals surface area contributed by atoms with Crippen molar-refractivity contribution in [2.75, 3.05) is 5.32 Å². The Labute approximate surface area is 111 Å². The molecule has 1 aromatic heterocycles. The molecule has 0 radical (unpaired) electrons. The number of aromatic nitrogens is 1. The first kappa shape index (κ1) is 12.8. The lowest BCUT2D eigenvalue weighted by molar-refractivity contribution is 0.0987. The average molecular weight is 313 g/mol. The molecule has 1 heterocycles. The zero-order valence-corrected chi connectivity index (χ0v) is 11.3. The third-order valence-corrected chi connectivity index (χ3v) is 3.28. The summed E-state index contributed by atoms with van der Waals surface area (Å²) in [5.74, 6) is -0.961. The molecule has 2 rings (SSSR count). The zero-order valence-electron chi connectivity index (χ0n) is 9.75. The molecule has 0 atom stereocenters. The molecule has 0 fully saturated rings. The minimum Gasteiger partial charge on any atom is -0.351 e. The van der Waals surface area contributed by atoms with Gasteiger partial charge in [-0.2, -0.15) is 0 Å². The summed E-state index contributed by atoms with van der Waals surface area (Å²) in [5.41, 5.74) is 1.13. The molecule has 0 spiro atoms. The van der Waals surface area contributed by atoms with Crippen molar-refractivity contribution in [2.45, 2.75) is 13.8 Å². The van der Waals surface area contributed by atoms with Gasteiger partial charge in [-0.25, -0.2) is 4.39 Å². The maximum Gasteiger partial charge on any atom is 0.294 e. The molecule has 0 saturated heterocycles. The van der Waals surface area contributed by atoms with Crippen LogP contribution in [0.5, 0.6) is 0 Å². The van der Waals surface area contributed by atoms with Crippen molar-refractivity contribution >= 4 is 27.5 Å². The molecule has 0 aliphatic heterocycles. The lowest BCUT2D eigenvalue weighted by Gasteiger charge is -2.07. The highest BCUT2D eigenvalue weighted by atomic mass is 79.9. The SMILES string of the molecule is Cc1cc(C(=O)Nc2ccc(Br)c(C)c2F)on1. The summed E-state index contributed by atoms with van der Waals surface area (Å²) in [6.07, 6.45) is 0. The molecular weight excluding hydrogens is 303 g/mol. The van der Waals surface area contributed by atoms with Crippen LogP contribution in [0.25, 0.3) is 0 Å². The van der Waals surface area contributed by atoms with Crippen molar-refractivity contribution in [3.8, 4) is 0 Å². The summed E-state index contributed by atoms with van der Waals surface area (Å²) in [6.45, 7) is 3.32. The van der Waals surface area contributed by atoms with E-state index >= 15 is 0 Å². The van der Waals surface area contributed by atoms with E-state index in [0.717, 1.165) is 0 Å². The molecule has 1 N–H and O–H groups in total. The smallest absolute Gasteiger partial charge is 0.294 e. The highest BCUT2D eigenvalue weighted by molar-refractivity contribution is 9.10. The molecule has 6 heteroatoms.